The van der Waals surface area contributed by atoms with Crippen LogP contribution in [0.3, 0.4) is 0 Å². The summed E-state index contributed by atoms with van der Waals surface area (Å²) in [4.78, 5) is 30.9. The molecule has 9 heteroatoms. The van der Waals surface area contributed by atoms with Crippen LogP contribution in [0, 0.1) is 0 Å². The van der Waals surface area contributed by atoms with Gasteiger partial charge in [-0.1, -0.05) is 18.0 Å². The molecule has 1 aliphatic carbocycles. The van der Waals surface area contributed by atoms with E-state index in [0.717, 1.165) is 30.6 Å². The standard InChI is InChI=1S/C24H28N4O4S/c1-2-31-18-11-9-16(10-12-18)23-25-22(32-28-23)14-13-21(29)26-27-24(30)20-15-17-7-5-3-4-6-8-19(17)33-20/h9-12,15H,2-8,13-14H2,1H3,(H,26,29)(H,27,30). The van der Waals surface area contributed by atoms with Gasteiger partial charge >= 0.3 is 0 Å². The molecule has 0 atom stereocenters. The predicted octanol–water partition coefficient (Wildman–Crippen LogP) is 4.25. The molecule has 1 aliphatic rings. The van der Waals surface area contributed by atoms with Crippen molar-refractivity contribution in [3.05, 3.63) is 51.5 Å². The summed E-state index contributed by atoms with van der Waals surface area (Å²) in [5.41, 5.74) is 7.07. The first-order valence-electron chi connectivity index (χ1n) is 11.4. The third-order valence-corrected chi connectivity index (χ3v) is 6.73. The van der Waals surface area contributed by atoms with Crippen molar-refractivity contribution < 1.29 is 18.8 Å². The number of carbonyl (C=O) groups excluding carboxylic acids is 2. The number of rotatable bonds is 7. The molecule has 0 bridgehead atoms. The van der Waals surface area contributed by atoms with Crippen molar-refractivity contribution in [2.45, 2.75) is 58.3 Å². The number of nitrogens with one attached hydrogen (secondary N) is 2. The summed E-state index contributed by atoms with van der Waals surface area (Å²) in [6, 6.07) is 9.37. The van der Waals surface area contributed by atoms with E-state index in [1.807, 2.05) is 37.3 Å². The maximum atomic E-state index is 12.5. The van der Waals surface area contributed by atoms with E-state index in [9.17, 15) is 9.59 Å². The number of benzene rings is 1. The molecule has 0 fully saturated rings. The number of nitrogens with zero attached hydrogens (tertiary/aromatic N) is 2. The first-order valence-corrected chi connectivity index (χ1v) is 12.2. The van der Waals surface area contributed by atoms with Crippen molar-refractivity contribution in [1.29, 1.82) is 0 Å². The molecule has 0 unspecified atom stereocenters. The van der Waals surface area contributed by atoms with Crippen LogP contribution in [0.25, 0.3) is 11.4 Å². The van der Waals surface area contributed by atoms with Crippen LogP contribution in [0.1, 0.15) is 65.0 Å². The molecule has 33 heavy (non-hydrogen) atoms. The molecule has 3 aromatic rings. The molecule has 0 saturated heterocycles. The minimum absolute atomic E-state index is 0.117. The highest BCUT2D eigenvalue weighted by atomic mass is 32.1. The van der Waals surface area contributed by atoms with Crippen molar-refractivity contribution in [1.82, 2.24) is 21.0 Å². The Balaban J connectivity index is 1.24. The van der Waals surface area contributed by atoms with Gasteiger partial charge in [0.1, 0.15) is 5.75 Å². The Kier molecular flexibility index (Phi) is 7.72. The van der Waals surface area contributed by atoms with E-state index in [1.54, 1.807) is 0 Å². The number of fused-ring (bicyclic) bond motifs is 1. The molecule has 0 spiro atoms. The van der Waals surface area contributed by atoms with Gasteiger partial charge in [0.15, 0.2) is 0 Å². The summed E-state index contributed by atoms with van der Waals surface area (Å²) in [5, 5.41) is 3.97. The van der Waals surface area contributed by atoms with Gasteiger partial charge in [-0.3, -0.25) is 20.4 Å². The number of ether oxygens (including phenoxy) is 1. The Morgan fingerprint density at radius 1 is 1.09 bits per heavy atom. The van der Waals surface area contributed by atoms with Crippen molar-refractivity contribution in [2.24, 2.45) is 0 Å². The fourth-order valence-electron chi connectivity index (χ4n) is 3.77. The third-order valence-electron chi connectivity index (χ3n) is 5.49. The van der Waals surface area contributed by atoms with Gasteiger partial charge in [0.25, 0.3) is 5.91 Å². The average Bonchev–Trinajstić information content (AvgIpc) is 3.44. The molecular formula is C24H28N4O4S. The highest BCUT2D eigenvalue weighted by Gasteiger charge is 2.17. The largest absolute Gasteiger partial charge is 0.494 e. The first-order chi connectivity index (χ1) is 16.1. The van der Waals surface area contributed by atoms with E-state index in [0.29, 0.717) is 23.2 Å². The van der Waals surface area contributed by atoms with Crippen LogP contribution in [0.15, 0.2) is 34.9 Å². The van der Waals surface area contributed by atoms with Gasteiger partial charge in [-0.15, -0.1) is 11.3 Å². The Morgan fingerprint density at radius 3 is 2.67 bits per heavy atom. The van der Waals surface area contributed by atoms with Crippen molar-refractivity contribution in [3.8, 4) is 17.1 Å². The van der Waals surface area contributed by atoms with Gasteiger partial charge in [-0.05, 0) is 68.5 Å². The zero-order valence-electron chi connectivity index (χ0n) is 18.7. The van der Waals surface area contributed by atoms with Crippen LogP contribution < -0.4 is 15.6 Å². The molecular weight excluding hydrogens is 440 g/mol. The zero-order valence-corrected chi connectivity index (χ0v) is 19.5. The van der Waals surface area contributed by atoms with E-state index >= 15 is 0 Å². The van der Waals surface area contributed by atoms with Crippen molar-refractivity contribution >= 4 is 23.2 Å². The van der Waals surface area contributed by atoms with Crippen LogP contribution in [0.2, 0.25) is 0 Å². The first kappa shape index (κ1) is 23.0. The Hall–Kier alpha value is -3.20. The Labute approximate surface area is 196 Å². The third kappa shape index (κ3) is 6.19. The van der Waals surface area contributed by atoms with E-state index in [2.05, 4.69) is 21.0 Å². The van der Waals surface area contributed by atoms with E-state index in [1.165, 1.54) is 41.0 Å². The van der Waals surface area contributed by atoms with Gasteiger partial charge in [0, 0.05) is 23.3 Å². The summed E-state index contributed by atoms with van der Waals surface area (Å²) in [6.07, 6.45) is 7.27. The second kappa shape index (κ2) is 11.1. The summed E-state index contributed by atoms with van der Waals surface area (Å²) in [5.74, 6) is 0.987. The average molecular weight is 469 g/mol. The second-order valence-electron chi connectivity index (χ2n) is 7.94. The molecule has 0 radical (unpaired) electrons. The van der Waals surface area contributed by atoms with Crippen molar-refractivity contribution in [3.63, 3.8) is 0 Å². The molecule has 2 amide bonds. The lowest BCUT2D eigenvalue weighted by molar-refractivity contribution is -0.121. The van der Waals surface area contributed by atoms with Crippen molar-refractivity contribution in [2.75, 3.05) is 6.61 Å². The van der Waals surface area contributed by atoms with E-state index in [-0.39, 0.29) is 24.7 Å². The van der Waals surface area contributed by atoms with Gasteiger partial charge in [0.2, 0.25) is 17.6 Å². The van der Waals surface area contributed by atoms with Gasteiger partial charge < -0.3 is 9.26 Å². The predicted molar refractivity (Wildman–Crippen MR) is 125 cm³/mol. The van der Waals surface area contributed by atoms with Crippen LogP contribution >= 0.6 is 11.3 Å². The van der Waals surface area contributed by atoms with Crippen LogP contribution in [0.5, 0.6) is 5.75 Å². The number of amides is 2. The Morgan fingerprint density at radius 2 is 1.88 bits per heavy atom. The number of aryl methyl sites for hydroxylation is 3. The maximum Gasteiger partial charge on any atom is 0.279 e. The number of hydrogen-bond donors (Lipinski definition) is 2. The molecule has 2 heterocycles. The molecule has 2 aromatic heterocycles. The number of aromatic nitrogens is 2. The molecule has 174 valence electrons. The number of hydrazine groups is 1. The molecule has 8 nitrogen and oxygen atoms in total. The normalized spacial score (nSPS) is 13.5. The van der Waals surface area contributed by atoms with Crippen LogP contribution in [-0.2, 0) is 24.1 Å². The summed E-state index contributed by atoms with van der Waals surface area (Å²) < 4.78 is 10.7. The molecule has 4 rings (SSSR count). The van der Waals surface area contributed by atoms with Crippen LogP contribution in [0.4, 0.5) is 0 Å². The summed E-state index contributed by atoms with van der Waals surface area (Å²) in [7, 11) is 0. The molecule has 0 aliphatic heterocycles. The van der Waals surface area contributed by atoms with E-state index < -0.39 is 0 Å². The molecule has 2 N–H and O–H groups in total. The SMILES string of the molecule is CCOc1ccc(-c2noc(CCC(=O)NNC(=O)c3cc4c(s3)CCCCCC4)n2)cc1. The number of carbonyl (C=O) groups is 2. The lowest BCUT2D eigenvalue weighted by atomic mass is 10.00. The molecule has 1 aromatic carbocycles. The minimum Gasteiger partial charge on any atom is -0.494 e. The highest BCUT2D eigenvalue weighted by Crippen LogP contribution is 2.28. The smallest absolute Gasteiger partial charge is 0.279 e. The fraction of sp³-hybridized carbons (Fsp3) is 0.417. The zero-order chi connectivity index (χ0) is 23.0. The number of hydrogen-bond acceptors (Lipinski definition) is 7. The molecule has 0 saturated carbocycles. The maximum absolute atomic E-state index is 12.5. The lowest BCUT2D eigenvalue weighted by Crippen LogP contribution is -2.41. The van der Waals surface area contributed by atoms with Gasteiger partial charge in [-0.2, -0.15) is 4.98 Å². The summed E-state index contributed by atoms with van der Waals surface area (Å²) >= 11 is 1.53. The van der Waals surface area contributed by atoms with Crippen LogP contribution in [-0.4, -0.2) is 28.6 Å². The summed E-state index contributed by atoms with van der Waals surface area (Å²) in [6.45, 7) is 2.53. The topological polar surface area (TPSA) is 106 Å². The minimum atomic E-state index is -0.320. The lowest BCUT2D eigenvalue weighted by Gasteiger charge is -2.07. The van der Waals surface area contributed by atoms with Gasteiger partial charge in [0.05, 0.1) is 11.5 Å². The second-order valence-corrected chi connectivity index (χ2v) is 9.08. The quantitative estimate of drug-likeness (QED) is 0.502. The van der Waals surface area contributed by atoms with E-state index in [4.69, 9.17) is 9.26 Å². The fourth-order valence-corrected chi connectivity index (χ4v) is 4.92. The monoisotopic (exact) mass is 468 g/mol. The highest BCUT2D eigenvalue weighted by molar-refractivity contribution is 7.14. The number of thiophene rings is 1. The van der Waals surface area contributed by atoms with Gasteiger partial charge in [-0.25, -0.2) is 0 Å². The Bertz CT molecular complexity index is 1060.